The summed E-state index contributed by atoms with van der Waals surface area (Å²) in [6.45, 7) is 6.06. The molecule has 0 radical (unpaired) electrons. The van der Waals surface area contributed by atoms with Crippen LogP contribution in [0.3, 0.4) is 0 Å². The summed E-state index contributed by atoms with van der Waals surface area (Å²) in [4.78, 5) is 14.2. The van der Waals surface area contributed by atoms with E-state index in [1.807, 2.05) is 7.05 Å². The van der Waals surface area contributed by atoms with Gasteiger partial charge in [-0.1, -0.05) is 24.3 Å². The molecule has 0 bridgehead atoms. The highest BCUT2D eigenvalue weighted by atomic mass is 35.5. The standard InChI is InChI=1S/C17H27N3O.2ClH/c1-14-5-3-4-6-15(14)13-20-11-8-16(9-12-20)19-17(21)7-10-18-2;;/h3-6,16,18H,7-13H2,1-2H3,(H,19,21);2*1H. The predicted molar refractivity (Wildman–Crippen MR) is 101 cm³/mol. The van der Waals surface area contributed by atoms with Gasteiger partial charge in [0, 0.05) is 38.6 Å². The molecule has 0 spiro atoms. The van der Waals surface area contributed by atoms with Crippen molar-refractivity contribution in [3.05, 3.63) is 35.4 Å². The summed E-state index contributed by atoms with van der Waals surface area (Å²) in [5.41, 5.74) is 2.77. The fraction of sp³-hybridized carbons (Fsp3) is 0.588. The predicted octanol–water partition coefficient (Wildman–Crippen LogP) is 2.53. The Labute approximate surface area is 152 Å². The molecule has 23 heavy (non-hydrogen) atoms. The van der Waals surface area contributed by atoms with E-state index in [2.05, 4.69) is 46.7 Å². The normalized spacial score (nSPS) is 15.4. The molecule has 1 amide bonds. The number of rotatable bonds is 6. The largest absolute Gasteiger partial charge is 0.353 e. The monoisotopic (exact) mass is 361 g/mol. The van der Waals surface area contributed by atoms with Gasteiger partial charge in [-0.15, -0.1) is 24.8 Å². The number of aryl methyl sites for hydroxylation is 1. The molecule has 6 heteroatoms. The second-order valence-corrected chi connectivity index (χ2v) is 5.90. The molecule has 1 aromatic carbocycles. The molecule has 4 nitrogen and oxygen atoms in total. The molecule has 1 aromatic rings. The molecule has 1 aliphatic heterocycles. The smallest absolute Gasteiger partial charge is 0.221 e. The van der Waals surface area contributed by atoms with E-state index in [9.17, 15) is 4.79 Å². The summed E-state index contributed by atoms with van der Waals surface area (Å²) < 4.78 is 0. The van der Waals surface area contributed by atoms with Crippen LogP contribution in [0.2, 0.25) is 0 Å². The van der Waals surface area contributed by atoms with Crippen molar-refractivity contribution in [3.63, 3.8) is 0 Å². The number of halogens is 2. The Hall–Kier alpha value is -0.810. The van der Waals surface area contributed by atoms with Gasteiger partial charge in [0.15, 0.2) is 0 Å². The molecule has 0 aromatic heterocycles. The number of likely N-dealkylation sites (tertiary alicyclic amines) is 1. The fourth-order valence-corrected chi connectivity index (χ4v) is 2.80. The van der Waals surface area contributed by atoms with Gasteiger partial charge in [-0.05, 0) is 37.9 Å². The number of nitrogens with zero attached hydrogens (tertiary/aromatic N) is 1. The number of amides is 1. The zero-order valence-electron chi connectivity index (χ0n) is 14.0. The van der Waals surface area contributed by atoms with E-state index in [1.54, 1.807) is 0 Å². The number of hydrogen-bond donors (Lipinski definition) is 2. The van der Waals surface area contributed by atoms with Gasteiger partial charge in [0.25, 0.3) is 0 Å². The van der Waals surface area contributed by atoms with Gasteiger partial charge in [-0.2, -0.15) is 0 Å². The van der Waals surface area contributed by atoms with Crippen LogP contribution < -0.4 is 10.6 Å². The first-order valence-electron chi connectivity index (χ1n) is 7.90. The van der Waals surface area contributed by atoms with Crippen LogP contribution >= 0.6 is 24.8 Å². The van der Waals surface area contributed by atoms with Gasteiger partial charge in [0.2, 0.25) is 5.91 Å². The first-order valence-corrected chi connectivity index (χ1v) is 7.90. The van der Waals surface area contributed by atoms with Crippen molar-refractivity contribution >= 4 is 30.7 Å². The number of benzene rings is 1. The van der Waals surface area contributed by atoms with Crippen LogP contribution in [-0.4, -0.2) is 43.5 Å². The topological polar surface area (TPSA) is 44.4 Å². The van der Waals surface area contributed by atoms with Crippen LogP contribution in [0.4, 0.5) is 0 Å². The van der Waals surface area contributed by atoms with Crippen molar-refractivity contribution in [2.24, 2.45) is 0 Å². The van der Waals surface area contributed by atoms with Gasteiger partial charge >= 0.3 is 0 Å². The average Bonchev–Trinajstić information content (AvgIpc) is 2.49. The first-order chi connectivity index (χ1) is 10.2. The van der Waals surface area contributed by atoms with Gasteiger partial charge in [-0.25, -0.2) is 0 Å². The van der Waals surface area contributed by atoms with Crippen molar-refractivity contribution in [1.82, 2.24) is 15.5 Å². The molecule has 132 valence electrons. The quantitative estimate of drug-likeness (QED) is 0.818. The van der Waals surface area contributed by atoms with Crippen LogP contribution in [0.1, 0.15) is 30.4 Å². The Bertz CT molecular complexity index is 463. The Morgan fingerprint density at radius 3 is 2.48 bits per heavy atom. The lowest BCUT2D eigenvalue weighted by Gasteiger charge is -2.32. The van der Waals surface area contributed by atoms with Gasteiger partial charge in [0.05, 0.1) is 0 Å². The number of piperidine rings is 1. The molecule has 0 aliphatic carbocycles. The van der Waals surface area contributed by atoms with Crippen LogP contribution in [0.25, 0.3) is 0 Å². The molecule has 0 unspecified atom stereocenters. The highest BCUT2D eigenvalue weighted by molar-refractivity contribution is 5.85. The van der Waals surface area contributed by atoms with Crippen LogP contribution in [-0.2, 0) is 11.3 Å². The van der Waals surface area contributed by atoms with Crippen molar-refractivity contribution < 1.29 is 4.79 Å². The van der Waals surface area contributed by atoms with E-state index in [0.29, 0.717) is 12.5 Å². The molecule has 2 rings (SSSR count). The SMILES string of the molecule is CNCCC(=O)NC1CCN(Cc2ccccc2C)CC1.Cl.Cl. The number of carbonyl (C=O) groups excluding carboxylic acids is 1. The molecule has 0 atom stereocenters. The van der Waals surface area contributed by atoms with Crippen LogP contribution in [0.5, 0.6) is 0 Å². The molecular weight excluding hydrogens is 333 g/mol. The maximum atomic E-state index is 11.7. The average molecular weight is 362 g/mol. The molecule has 2 N–H and O–H groups in total. The van der Waals surface area contributed by atoms with Gasteiger partial charge in [0.1, 0.15) is 0 Å². The summed E-state index contributed by atoms with van der Waals surface area (Å²) in [6.07, 6.45) is 2.67. The Balaban J connectivity index is 0.00000242. The minimum atomic E-state index is 0. The van der Waals surface area contributed by atoms with Gasteiger partial charge < -0.3 is 10.6 Å². The molecule has 0 saturated carbocycles. The number of nitrogens with one attached hydrogen (secondary N) is 2. The minimum absolute atomic E-state index is 0. The first kappa shape index (κ1) is 22.2. The Morgan fingerprint density at radius 1 is 1.22 bits per heavy atom. The third-order valence-corrected chi connectivity index (χ3v) is 4.21. The fourth-order valence-electron chi connectivity index (χ4n) is 2.80. The second-order valence-electron chi connectivity index (χ2n) is 5.90. The third-order valence-electron chi connectivity index (χ3n) is 4.21. The lowest BCUT2D eigenvalue weighted by molar-refractivity contribution is -0.122. The summed E-state index contributed by atoms with van der Waals surface area (Å²) in [5, 5.41) is 6.15. The summed E-state index contributed by atoms with van der Waals surface area (Å²) in [7, 11) is 1.87. The van der Waals surface area contributed by atoms with Crippen molar-refractivity contribution in [3.8, 4) is 0 Å². The maximum Gasteiger partial charge on any atom is 0.221 e. The van der Waals surface area contributed by atoms with Crippen LogP contribution in [0.15, 0.2) is 24.3 Å². The van der Waals surface area contributed by atoms with E-state index < -0.39 is 0 Å². The van der Waals surface area contributed by atoms with E-state index >= 15 is 0 Å². The van der Waals surface area contributed by atoms with Crippen LogP contribution in [0, 0.1) is 6.92 Å². The highest BCUT2D eigenvalue weighted by Crippen LogP contribution is 2.16. The number of hydrogen-bond acceptors (Lipinski definition) is 3. The minimum Gasteiger partial charge on any atom is -0.353 e. The number of carbonyl (C=O) groups is 1. The molecule has 1 heterocycles. The lowest BCUT2D eigenvalue weighted by atomic mass is 10.0. The van der Waals surface area contributed by atoms with E-state index in [-0.39, 0.29) is 30.7 Å². The van der Waals surface area contributed by atoms with E-state index in [0.717, 1.165) is 39.0 Å². The van der Waals surface area contributed by atoms with Crippen molar-refractivity contribution in [1.29, 1.82) is 0 Å². The summed E-state index contributed by atoms with van der Waals surface area (Å²) in [5.74, 6) is 0.168. The third kappa shape index (κ3) is 7.53. The lowest BCUT2D eigenvalue weighted by Crippen LogP contribution is -2.44. The van der Waals surface area contributed by atoms with E-state index in [1.165, 1.54) is 11.1 Å². The Morgan fingerprint density at radius 2 is 1.87 bits per heavy atom. The van der Waals surface area contributed by atoms with E-state index in [4.69, 9.17) is 0 Å². The molecule has 1 aliphatic rings. The highest BCUT2D eigenvalue weighted by Gasteiger charge is 2.20. The summed E-state index contributed by atoms with van der Waals surface area (Å²) in [6, 6.07) is 8.93. The Kier molecular flexibility index (Phi) is 11.3. The van der Waals surface area contributed by atoms with Crippen molar-refractivity contribution in [2.75, 3.05) is 26.7 Å². The van der Waals surface area contributed by atoms with Crippen molar-refractivity contribution in [2.45, 2.75) is 38.8 Å². The second kappa shape index (κ2) is 11.7. The van der Waals surface area contributed by atoms with Gasteiger partial charge in [-0.3, -0.25) is 9.69 Å². The molecule has 1 fully saturated rings. The molecule has 1 saturated heterocycles. The molecular formula is C17H29Cl2N3O. The zero-order valence-corrected chi connectivity index (χ0v) is 15.6. The zero-order chi connectivity index (χ0) is 15.1. The summed E-state index contributed by atoms with van der Waals surface area (Å²) >= 11 is 0. The maximum absolute atomic E-state index is 11.7.